The molecule has 0 fully saturated rings. The zero-order valence-corrected chi connectivity index (χ0v) is 29.5. The van der Waals surface area contributed by atoms with Crippen LogP contribution in [-0.4, -0.2) is 11.0 Å². The van der Waals surface area contributed by atoms with E-state index in [9.17, 15) is 0 Å². The maximum Gasteiger partial charge on any atom is 0.113 e. The van der Waals surface area contributed by atoms with Crippen molar-refractivity contribution in [3.63, 3.8) is 0 Å². The highest BCUT2D eigenvalue weighted by atomic mass is 35.5. The van der Waals surface area contributed by atoms with Crippen molar-refractivity contribution in [1.29, 1.82) is 0 Å². The van der Waals surface area contributed by atoms with Gasteiger partial charge < -0.3 is 16.9 Å². The fourth-order valence-electron chi connectivity index (χ4n) is 7.55. The highest BCUT2D eigenvalue weighted by Gasteiger charge is 2.45. The van der Waals surface area contributed by atoms with E-state index < -0.39 is 0 Å². The van der Waals surface area contributed by atoms with E-state index in [1.807, 2.05) is 0 Å². The lowest BCUT2D eigenvalue weighted by Crippen LogP contribution is -3.00. The Morgan fingerprint density at radius 1 is 0.386 bits per heavy atom. The first-order valence-electron chi connectivity index (χ1n) is 18.1. The first-order chi connectivity index (χ1) is 21.1. The maximum atomic E-state index is 2.49. The molecular weight excluding hydrogens is 554 g/mol. The molecule has 3 aromatic carbocycles. The molecule has 3 unspecified atom stereocenters. The number of nitrogens with zero attached hydrogens (tertiary/aromatic N) is 1. The number of hydrogen-bond donors (Lipinski definition) is 0. The number of quaternary nitrogens is 1. The van der Waals surface area contributed by atoms with Crippen molar-refractivity contribution in [1.82, 2.24) is 0 Å². The molecule has 3 aromatic rings. The minimum absolute atomic E-state index is 0. The van der Waals surface area contributed by atoms with Gasteiger partial charge in [0.15, 0.2) is 0 Å². The van der Waals surface area contributed by atoms with Crippen LogP contribution in [-0.2, 0) is 0 Å². The van der Waals surface area contributed by atoms with Crippen LogP contribution in [0.25, 0.3) is 0 Å². The molecule has 3 atom stereocenters. The van der Waals surface area contributed by atoms with Gasteiger partial charge in [-0.15, -0.1) is 0 Å². The lowest BCUT2D eigenvalue weighted by Gasteiger charge is -2.52. The minimum Gasteiger partial charge on any atom is -1.00 e. The summed E-state index contributed by atoms with van der Waals surface area (Å²) in [5.41, 5.74) is 4.35. The Hall–Kier alpha value is -2.09. The lowest BCUT2D eigenvalue weighted by molar-refractivity contribution is -1.01. The van der Waals surface area contributed by atoms with Crippen LogP contribution >= 0.6 is 0 Å². The summed E-state index contributed by atoms with van der Waals surface area (Å²) in [7, 11) is 0. The molecule has 1 nitrogen and oxygen atoms in total. The van der Waals surface area contributed by atoms with E-state index in [1.165, 1.54) is 126 Å². The molecule has 44 heavy (non-hydrogen) atoms. The molecule has 0 aromatic heterocycles. The van der Waals surface area contributed by atoms with E-state index in [0.29, 0.717) is 18.1 Å². The highest BCUT2D eigenvalue weighted by molar-refractivity contribution is 5.22. The van der Waals surface area contributed by atoms with Crippen molar-refractivity contribution in [2.45, 2.75) is 149 Å². The molecule has 2 heteroatoms. The van der Waals surface area contributed by atoms with Gasteiger partial charge in [0, 0.05) is 16.7 Å². The summed E-state index contributed by atoms with van der Waals surface area (Å²) in [6.07, 6.45) is 22.6. The molecule has 3 rings (SSSR count). The molecule has 0 N–H and O–H groups in total. The van der Waals surface area contributed by atoms with Crippen molar-refractivity contribution in [3.8, 4) is 0 Å². The van der Waals surface area contributed by atoms with E-state index in [-0.39, 0.29) is 12.4 Å². The van der Waals surface area contributed by atoms with Crippen LogP contribution in [0.3, 0.4) is 0 Å². The van der Waals surface area contributed by atoms with Gasteiger partial charge >= 0.3 is 0 Å². The quantitative estimate of drug-likeness (QED) is 0.0733. The molecule has 0 spiro atoms. The molecule has 0 aliphatic rings. The van der Waals surface area contributed by atoms with Crippen LogP contribution < -0.4 is 12.4 Å². The summed E-state index contributed by atoms with van der Waals surface area (Å²) in [5, 5.41) is 0. The van der Waals surface area contributed by atoms with Gasteiger partial charge in [-0.05, 0) is 33.6 Å². The number of hydrogen-bond acceptors (Lipinski definition) is 0. The largest absolute Gasteiger partial charge is 1.00 e. The molecular formula is C42H64ClN. The number of halogens is 1. The predicted molar refractivity (Wildman–Crippen MR) is 189 cm³/mol. The van der Waals surface area contributed by atoms with Crippen LogP contribution in [0.5, 0.6) is 0 Å². The molecule has 0 saturated heterocycles. The number of unbranched alkanes of at least 4 members (excludes halogenated alkanes) is 15. The monoisotopic (exact) mass is 617 g/mol. The average molecular weight is 618 g/mol. The van der Waals surface area contributed by atoms with Gasteiger partial charge in [0.05, 0.1) is 6.54 Å². The fraction of sp³-hybridized carbons (Fsp3) is 0.571. The third kappa shape index (κ3) is 12.0. The molecule has 0 aliphatic heterocycles. The third-order valence-electron chi connectivity index (χ3n) is 10.4. The maximum absolute atomic E-state index is 2.49. The SMILES string of the molecule is CCCCCCCCCCCCCCCCCC[N+](C(C)c1ccccc1)(C(C)c1ccccc1)C(C)c1ccccc1.[Cl-]. The summed E-state index contributed by atoms with van der Waals surface area (Å²) in [4.78, 5) is 0. The van der Waals surface area contributed by atoms with E-state index in [0.717, 1.165) is 4.48 Å². The van der Waals surface area contributed by atoms with Gasteiger partial charge in [-0.3, -0.25) is 0 Å². The average Bonchev–Trinajstić information content (AvgIpc) is 3.06. The third-order valence-corrected chi connectivity index (χ3v) is 10.4. The zero-order valence-electron chi connectivity index (χ0n) is 28.7. The van der Waals surface area contributed by atoms with E-state index >= 15 is 0 Å². The van der Waals surface area contributed by atoms with Gasteiger partial charge in [-0.2, -0.15) is 0 Å². The zero-order chi connectivity index (χ0) is 30.6. The molecule has 0 bridgehead atoms. The van der Waals surface area contributed by atoms with Gasteiger partial charge in [-0.25, -0.2) is 0 Å². The fourth-order valence-corrected chi connectivity index (χ4v) is 7.55. The van der Waals surface area contributed by atoms with Crippen LogP contribution in [0.4, 0.5) is 0 Å². The van der Waals surface area contributed by atoms with Crippen molar-refractivity contribution in [3.05, 3.63) is 108 Å². The second kappa shape index (κ2) is 22.4. The van der Waals surface area contributed by atoms with Gasteiger partial charge in [0.1, 0.15) is 18.1 Å². The van der Waals surface area contributed by atoms with Crippen LogP contribution in [0.1, 0.15) is 165 Å². The summed E-state index contributed by atoms with van der Waals surface area (Å²) in [6, 6.07) is 35.0. The Bertz CT molecular complexity index is 956. The normalized spacial score (nSPS) is 14.7. The van der Waals surface area contributed by atoms with Gasteiger partial charge in [0.2, 0.25) is 0 Å². The Morgan fingerprint density at radius 2 is 0.636 bits per heavy atom. The smallest absolute Gasteiger partial charge is 0.113 e. The van der Waals surface area contributed by atoms with Gasteiger partial charge in [-0.1, -0.05) is 188 Å². The van der Waals surface area contributed by atoms with Crippen molar-refractivity contribution in [2.24, 2.45) is 0 Å². The second-order valence-electron chi connectivity index (χ2n) is 13.3. The van der Waals surface area contributed by atoms with Crippen molar-refractivity contribution >= 4 is 0 Å². The Balaban J connectivity index is 0.00000675. The van der Waals surface area contributed by atoms with Crippen molar-refractivity contribution < 1.29 is 16.9 Å². The van der Waals surface area contributed by atoms with Crippen LogP contribution in [0.2, 0.25) is 0 Å². The van der Waals surface area contributed by atoms with E-state index in [1.54, 1.807) is 0 Å². The Kier molecular flexibility index (Phi) is 19.4. The second-order valence-corrected chi connectivity index (χ2v) is 13.3. The Labute approximate surface area is 278 Å². The summed E-state index contributed by atoms with van der Waals surface area (Å²) >= 11 is 0. The first-order valence-corrected chi connectivity index (χ1v) is 18.1. The summed E-state index contributed by atoms with van der Waals surface area (Å²) in [5.74, 6) is 0. The minimum atomic E-state index is 0. The number of benzene rings is 3. The molecule has 244 valence electrons. The molecule has 0 saturated carbocycles. The first kappa shape index (κ1) is 38.1. The molecule has 0 amide bonds. The summed E-state index contributed by atoms with van der Waals surface area (Å²) < 4.78 is 1.05. The predicted octanol–water partition coefficient (Wildman–Crippen LogP) is 10.4. The van der Waals surface area contributed by atoms with Crippen LogP contribution in [0.15, 0.2) is 91.0 Å². The Morgan fingerprint density at radius 3 is 0.909 bits per heavy atom. The molecule has 0 heterocycles. The molecule has 0 aliphatic carbocycles. The lowest BCUT2D eigenvalue weighted by atomic mass is 9.90. The summed E-state index contributed by atoms with van der Waals surface area (Å²) in [6.45, 7) is 11.0. The van der Waals surface area contributed by atoms with E-state index in [4.69, 9.17) is 0 Å². The standard InChI is InChI=1S/C42H64N.ClH/c1-5-6-7-8-9-10-11-12-13-14-15-16-17-18-19-29-36-43(37(2)40-30-23-20-24-31-40,38(3)41-32-25-21-26-33-41)39(4)42-34-27-22-28-35-42;/h20-28,30-35,37-39H,5-19,29,36H2,1-4H3;1H/q+1;/p-1. The highest BCUT2D eigenvalue weighted by Crippen LogP contribution is 2.47. The topological polar surface area (TPSA) is 0 Å². The molecule has 0 radical (unpaired) electrons. The number of rotatable bonds is 23. The van der Waals surface area contributed by atoms with E-state index in [2.05, 4.69) is 119 Å². The van der Waals surface area contributed by atoms with Crippen LogP contribution in [0, 0.1) is 0 Å². The van der Waals surface area contributed by atoms with Crippen molar-refractivity contribution in [2.75, 3.05) is 6.54 Å². The van der Waals surface area contributed by atoms with Gasteiger partial charge in [0.25, 0.3) is 0 Å².